The first-order valence-electron chi connectivity index (χ1n) is 3.82. The second-order valence-corrected chi connectivity index (χ2v) is 3.01. The van der Waals surface area contributed by atoms with E-state index in [0.29, 0.717) is 0 Å². The van der Waals surface area contributed by atoms with Gasteiger partial charge < -0.3 is 10.2 Å². The molecule has 0 spiro atoms. The Hall–Kier alpha value is -1.59. The van der Waals surface area contributed by atoms with E-state index in [0.717, 1.165) is 0 Å². The van der Waals surface area contributed by atoms with Crippen molar-refractivity contribution in [2.45, 2.75) is 12.5 Å². The lowest BCUT2D eigenvalue weighted by Crippen LogP contribution is -2.44. The van der Waals surface area contributed by atoms with Gasteiger partial charge in [0.25, 0.3) is 0 Å². The lowest BCUT2D eigenvalue weighted by Gasteiger charge is -2.14. The van der Waals surface area contributed by atoms with Crippen LogP contribution in [0.4, 0.5) is 4.79 Å². The molecule has 13 heavy (non-hydrogen) atoms. The summed E-state index contributed by atoms with van der Waals surface area (Å²) in [5.41, 5.74) is 0. The van der Waals surface area contributed by atoms with Gasteiger partial charge in [-0.05, 0) is 0 Å². The molecule has 1 aliphatic heterocycles. The van der Waals surface area contributed by atoms with Crippen molar-refractivity contribution >= 4 is 17.8 Å². The van der Waals surface area contributed by atoms with Crippen LogP contribution in [0.2, 0.25) is 0 Å². The molecule has 72 valence electrons. The second kappa shape index (κ2) is 3.42. The normalized spacial score (nSPS) is 21.2. The van der Waals surface area contributed by atoms with E-state index in [9.17, 15) is 14.4 Å². The maximum atomic E-state index is 11.1. The summed E-state index contributed by atoms with van der Waals surface area (Å²) in [5.74, 6) is -0.797. The van der Waals surface area contributed by atoms with Crippen LogP contribution < -0.4 is 10.6 Å². The minimum Gasteiger partial charge on any atom is -0.331 e. The molecule has 1 atom stereocenters. The van der Waals surface area contributed by atoms with Crippen molar-refractivity contribution in [1.29, 1.82) is 0 Å². The van der Waals surface area contributed by atoms with Crippen LogP contribution in [0.1, 0.15) is 6.42 Å². The van der Waals surface area contributed by atoms with Gasteiger partial charge in [-0.1, -0.05) is 0 Å². The van der Waals surface area contributed by atoms with E-state index in [1.165, 1.54) is 4.90 Å². The Kier molecular flexibility index (Phi) is 2.50. The highest BCUT2D eigenvalue weighted by molar-refractivity contribution is 6.06. The standard InChI is InChI=1S/C7H11N3O3/c1-10(2)7(13)8-4-3-5(11)9-6(4)12/h4H,3H2,1-2H3,(H,8,13)(H,9,11,12). The van der Waals surface area contributed by atoms with E-state index >= 15 is 0 Å². The van der Waals surface area contributed by atoms with Gasteiger partial charge in [0.05, 0.1) is 6.42 Å². The van der Waals surface area contributed by atoms with E-state index in [2.05, 4.69) is 10.6 Å². The molecule has 0 aromatic rings. The minimum absolute atomic E-state index is 0.0262. The molecular weight excluding hydrogens is 174 g/mol. The van der Waals surface area contributed by atoms with Crippen LogP contribution in [0.5, 0.6) is 0 Å². The number of hydrogen-bond acceptors (Lipinski definition) is 3. The number of carbonyl (C=O) groups excluding carboxylic acids is 3. The molecule has 6 nitrogen and oxygen atoms in total. The maximum absolute atomic E-state index is 11.1. The van der Waals surface area contributed by atoms with Crippen molar-refractivity contribution in [3.05, 3.63) is 0 Å². The third-order valence-electron chi connectivity index (χ3n) is 1.67. The van der Waals surface area contributed by atoms with Gasteiger partial charge in [0.1, 0.15) is 6.04 Å². The SMILES string of the molecule is CN(C)C(=O)NC1CC(=O)NC1=O. The summed E-state index contributed by atoms with van der Waals surface area (Å²) < 4.78 is 0. The maximum Gasteiger partial charge on any atom is 0.317 e. The third-order valence-corrected chi connectivity index (χ3v) is 1.67. The molecule has 0 aromatic heterocycles. The molecule has 1 saturated heterocycles. The van der Waals surface area contributed by atoms with Crippen molar-refractivity contribution < 1.29 is 14.4 Å². The van der Waals surface area contributed by atoms with Gasteiger partial charge in [0.15, 0.2) is 0 Å². The van der Waals surface area contributed by atoms with Crippen molar-refractivity contribution in [2.24, 2.45) is 0 Å². The smallest absolute Gasteiger partial charge is 0.317 e. The van der Waals surface area contributed by atoms with Crippen LogP contribution >= 0.6 is 0 Å². The largest absolute Gasteiger partial charge is 0.331 e. The summed E-state index contributed by atoms with van der Waals surface area (Å²) in [6, 6.07) is -1.10. The van der Waals surface area contributed by atoms with Crippen molar-refractivity contribution in [3.63, 3.8) is 0 Å². The number of nitrogens with zero attached hydrogens (tertiary/aromatic N) is 1. The molecule has 0 aliphatic carbocycles. The molecule has 4 amide bonds. The Balaban J connectivity index is 2.51. The number of urea groups is 1. The zero-order chi connectivity index (χ0) is 10.0. The molecule has 1 unspecified atom stereocenters. The molecule has 0 bridgehead atoms. The monoisotopic (exact) mass is 185 g/mol. The van der Waals surface area contributed by atoms with E-state index < -0.39 is 11.9 Å². The predicted molar refractivity (Wildman–Crippen MR) is 43.8 cm³/mol. The van der Waals surface area contributed by atoms with Crippen LogP contribution in [-0.4, -0.2) is 42.9 Å². The summed E-state index contributed by atoms with van der Waals surface area (Å²) in [6.07, 6.45) is 0.0262. The first kappa shape index (κ1) is 9.50. The molecule has 0 saturated carbocycles. The number of amides is 4. The van der Waals surface area contributed by atoms with Gasteiger partial charge >= 0.3 is 6.03 Å². The summed E-state index contributed by atoms with van der Waals surface area (Å²) in [6.45, 7) is 0. The van der Waals surface area contributed by atoms with Crippen LogP contribution in [0.3, 0.4) is 0 Å². The number of imide groups is 1. The second-order valence-electron chi connectivity index (χ2n) is 3.01. The quantitative estimate of drug-likeness (QED) is 0.497. The van der Waals surface area contributed by atoms with Crippen LogP contribution in [0, 0.1) is 0 Å². The molecule has 0 aromatic carbocycles. The van der Waals surface area contributed by atoms with Crippen LogP contribution in [-0.2, 0) is 9.59 Å². The van der Waals surface area contributed by atoms with Gasteiger partial charge in [0.2, 0.25) is 11.8 Å². The molecule has 1 fully saturated rings. The van der Waals surface area contributed by atoms with Crippen LogP contribution in [0.15, 0.2) is 0 Å². The van der Waals surface area contributed by atoms with E-state index in [4.69, 9.17) is 0 Å². The van der Waals surface area contributed by atoms with Gasteiger partial charge in [-0.2, -0.15) is 0 Å². The third kappa shape index (κ3) is 2.17. The summed E-state index contributed by atoms with van der Waals surface area (Å²) in [5, 5.41) is 4.51. The molecule has 1 aliphatic rings. The van der Waals surface area contributed by atoms with Gasteiger partial charge in [-0.3, -0.25) is 14.9 Å². The summed E-state index contributed by atoms with van der Waals surface area (Å²) in [4.78, 5) is 34.1. The number of carbonyl (C=O) groups is 3. The van der Waals surface area contributed by atoms with E-state index in [1.54, 1.807) is 14.1 Å². The highest BCUT2D eigenvalue weighted by Gasteiger charge is 2.31. The van der Waals surface area contributed by atoms with Crippen molar-refractivity contribution in [2.75, 3.05) is 14.1 Å². The number of nitrogens with one attached hydrogen (secondary N) is 2. The van der Waals surface area contributed by atoms with Gasteiger partial charge in [-0.25, -0.2) is 4.79 Å². The fourth-order valence-electron chi connectivity index (χ4n) is 0.948. The Bertz CT molecular complexity index is 262. The summed E-state index contributed by atoms with van der Waals surface area (Å²) >= 11 is 0. The number of rotatable bonds is 1. The summed E-state index contributed by atoms with van der Waals surface area (Å²) in [7, 11) is 3.12. The number of hydrogen-bond donors (Lipinski definition) is 2. The predicted octanol–water partition coefficient (Wildman–Crippen LogP) is -1.33. The average Bonchev–Trinajstić information content (AvgIpc) is 2.30. The molecule has 6 heteroatoms. The van der Waals surface area contributed by atoms with E-state index in [1.807, 2.05) is 0 Å². The Morgan fingerprint density at radius 2 is 2.15 bits per heavy atom. The van der Waals surface area contributed by atoms with Crippen LogP contribution in [0.25, 0.3) is 0 Å². The average molecular weight is 185 g/mol. The van der Waals surface area contributed by atoms with E-state index in [-0.39, 0.29) is 18.4 Å². The Morgan fingerprint density at radius 1 is 1.54 bits per heavy atom. The molecule has 1 heterocycles. The molecule has 2 N–H and O–H groups in total. The molecular formula is C7H11N3O3. The first-order chi connectivity index (χ1) is 6.00. The minimum atomic E-state index is -0.720. The zero-order valence-corrected chi connectivity index (χ0v) is 7.46. The van der Waals surface area contributed by atoms with Gasteiger partial charge in [-0.15, -0.1) is 0 Å². The highest BCUT2D eigenvalue weighted by atomic mass is 16.2. The Labute approximate surface area is 75.3 Å². The zero-order valence-electron chi connectivity index (χ0n) is 7.46. The molecule has 1 rings (SSSR count). The molecule has 0 radical (unpaired) electrons. The lowest BCUT2D eigenvalue weighted by atomic mass is 10.2. The fraction of sp³-hybridized carbons (Fsp3) is 0.571. The topological polar surface area (TPSA) is 78.5 Å². The Morgan fingerprint density at radius 3 is 2.54 bits per heavy atom. The highest BCUT2D eigenvalue weighted by Crippen LogP contribution is 2.01. The van der Waals surface area contributed by atoms with Crippen molar-refractivity contribution in [1.82, 2.24) is 15.5 Å². The van der Waals surface area contributed by atoms with Gasteiger partial charge in [0, 0.05) is 14.1 Å². The fourth-order valence-corrected chi connectivity index (χ4v) is 0.948. The lowest BCUT2D eigenvalue weighted by molar-refractivity contribution is -0.125. The van der Waals surface area contributed by atoms with Crippen molar-refractivity contribution in [3.8, 4) is 0 Å². The first-order valence-corrected chi connectivity index (χ1v) is 3.82.